The molecule has 4 aromatic rings. The zero-order valence-electron chi connectivity index (χ0n) is 17.8. The summed E-state index contributed by atoms with van der Waals surface area (Å²) in [7, 11) is 0. The number of hydrogen-bond acceptors (Lipinski definition) is 5. The number of ketones is 1. The highest BCUT2D eigenvalue weighted by Crippen LogP contribution is 2.43. The molecule has 4 rings (SSSR count). The van der Waals surface area contributed by atoms with E-state index in [1.165, 1.54) is 35.6 Å². The standard InChI is InChI=1S/C26H19FO5S/c1-14-11-17(27)12-15(2)23(14)24(31)26-25(20-9-6-18(28)13-21(20)33-26)32-19-7-3-16(4-8-19)5-10-22(29)30/h3-13,28H,1-2H3,(H,29,30). The quantitative estimate of drug-likeness (QED) is 0.253. The monoisotopic (exact) mass is 462 g/mol. The van der Waals surface area contributed by atoms with Gasteiger partial charge in [0.2, 0.25) is 5.78 Å². The van der Waals surface area contributed by atoms with Crippen LogP contribution in [0.3, 0.4) is 0 Å². The van der Waals surface area contributed by atoms with E-state index >= 15 is 0 Å². The highest BCUT2D eigenvalue weighted by Gasteiger charge is 2.25. The van der Waals surface area contributed by atoms with E-state index in [0.717, 1.165) is 6.08 Å². The zero-order valence-corrected chi connectivity index (χ0v) is 18.6. The molecule has 166 valence electrons. The smallest absolute Gasteiger partial charge is 0.328 e. The molecule has 0 fully saturated rings. The van der Waals surface area contributed by atoms with Crippen LogP contribution >= 0.6 is 11.3 Å². The maximum atomic E-state index is 13.8. The molecular formula is C26H19FO5S. The molecule has 0 amide bonds. The van der Waals surface area contributed by atoms with Crippen molar-refractivity contribution in [2.75, 3.05) is 0 Å². The fourth-order valence-electron chi connectivity index (χ4n) is 3.63. The van der Waals surface area contributed by atoms with Gasteiger partial charge in [0, 0.05) is 21.7 Å². The summed E-state index contributed by atoms with van der Waals surface area (Å²) in [5.74, 6) is -0.873. The van der Waals surface area contributed by atoms with E-state index in [1.807, 2.05) is 0 Å². The van der Waals surface area contributed by atoms with Crippen molar-refractivity contribution in [3.63, 3.8) is 0 Å². The van der Waals surface area contributed by atoms with Crippen molar-refractivity contribution in [3.8, 4) is 17.2 Å². The fourth-order valence-corrected chi connectivity index (χ4v) is 4.74. The van der Waals surface area contributed by atoms with Gasteiger partial charge in [-0.1, -0.05) is 12.1 Å². The second-order valence-corrected chi connectivity index (χ2v) is 8.58. The SMILES string of the molecule is Cc1cc(F)cc(C)c1C(=O)c1sc2cc(O)ccc2c1Oc1ccc(C=CC(=O)O)cc1. The van der Waals surface area contributed by atoms with E-state index in [9.17, 15) is 19.1 Å². The van der Waals surface area contributed by atoms with Crippen molar-refractivity contribution in [3.05, 3.63) is 93.6 Å². The molecule has 3 aromatic carbocycles. The molecule has 0 aliphatic carbocycles. The van der Waals surface area contributed by atoms with E-state index in [-0.39, 0.29) is 11.5 Å². The summed E-state index contributed by atoms with van der Waals surface area (Å²) in [5, 5.41) is 19.3. The summed E-state index contributed by atoms with van der Waals surface area (Å²) in [6.07, 6.45) is 2.50. The molecule has 0 aliphatic heterocycles. The largest absolute Gasteiger partial charge is 0.508 e. The van der Waals surface area contributed by atoms with Crippen molar-refractivity contribution in [2.45, 2.75) is 13.8 Å². The van der Waals surface area contributed by atoms with Crippen LogP contribution in [-0.4, -0.2) is 22.0 Å². The number of aliphatic carboxylic acids is 1. The zero-order chi connectivity index (χ0) is 23.7. The predicted octanol–water partition coefficient (Wildman–Crippen LogP) is 6.48. The van der Waals surface area contributed by atoms with E-state index in [0.29, 0.717) is 48.7 Å². The second-order valence-electron chi connectivity index (χ2n) is 7.53. The number of phenols is 1. The van der Waals surface area contributed by atoms with Crippen LogP contribution in [0.1, 0.15) is 31.9 Å². The van der Waals surface area contributed by atoms with Crippen molar-refractivity contribution >= 4 is 39.3 Å². The minimum atomic E-state index is -1.04. The van der Waals surface area contributed by atoms with Crippen LogP contribution in [0, 0.1) is 19.7 Å². The number of rotatable bonds is 6. The lowest BCUT2D eigenvalue weighted by Gasteiger charge is -2.11. The van der Waals surface area contributed by atoms with Crippen LogP contribution in [0.5, 0.6) is 17.2 Å². The maximum Gasteiger partial charge on any atom is 0.328 e. The minimum Gasteiger partial charge on any atom is -0.508 e. The lowest BCUT2D eigenvalue weighted by Crippen LogP contribution is -2.06. The Hall–Kier alpha value is -3.97. The predicted molar refractivity (Wildman–Crippen MR) is 126 cm³/mol. The van der Waals surface area contributed by atoms with E-state index in [2.05, 4.69) is 0 Å². The molecule has 0 saturated heterocycles. The highest BCUT2D eigenvalue weighted by atomic mass is 32.1. The van der Waals surface area contributed by atoms with E-state index in [1.54, 1.807) is 50.2 Å². The number of aryl methyl sites for hydroxylation is 2. The Morgan fingerprint density at radius 1 is 1.00 bits per heavy atom. The van der Waals surface area contributed by atoms with Gasteiger partial charge in [0.1, 0.15) is 22.2 Å². The molecule has 0 unspecified atom stereocenters. The van der Waals surface area contributed by atoms with Gasteiger partial charge in [-0.05, 0) is 79.1 Å². The third kappa shape index (κ3) is 4.63. The fraction of sp³-hybridized carbons (Fsp3) is 0.0769. The molecule has 0 atom stereocenters. The number of hydrogen-bond donors (Lipinski definition) is 2. The molecule has 5 nitrogen and oxygen atoms in total. The molecule has 1 aromatic heterocycles. The van der Waals surface area contributed by atoms with Gasteiger partial charge in [0.05, 0.1) is 0 Å². The molecule has 2 N–H and O–H groups in total. The topological polar surface area (TPSA) is 83.8 Å². The number of halogens is 1. The molecule has 0 saturated carbocycles. The number of phenolic OH excluding ortho intramolecular Hbond substituents is 1. The summed E-state index contributed by atoms with van der Waals surface area (Å²) in [5.41, 5.74) is 2.14. The number of carbonyl (C=O) groups excluding carboxylic acids is 1. The van der Waals surface area contributed by atoms with Crippen LogP contribution in [0.25, 0.3) is 16.2 Å². The number of aromatic hydroxyl groups is 1. The molecule has 0 radical (unpaired) electrons. The normalized spacial score (nSPS) is 11.2. The number of benzene rings is 3. The second kappa shape index (κ2) is 8.88. The van der Waals surface area contributed by atoms with Crippen LogP contribution < -0.4 is 4.74 Å². The first-order valence-electron chi connectivity index (χ1n) is 9.99. The van der Waals surface area contributed by atoms with Crippen molar-refractivity contribution in [2.24, 2.45) is 0 Å². The first-order chi connectivity index (χ1) is 15.7. The van der Waals surface area contributed by atoms with Crippen LogP contribution in [-0.2, 0) is 4.79 Å². The van der Waals surface area contributed by atoms with Gasteiger partial charge in [-0.25, -0.2) is 9.18 Å². The first kappa shape index (κ1) is 22.2. The number of carboxylic acids is 1. The van der Waals surface area contributed by atoms with E-state index in [4.69, 9.17) is 9.84 Å². The van der Waals surface area contributed by atoms with Gasteiger partial charge in [-0.2, -0.15) is 0 Å². The molecule has 1 heterocycles. The lowest BCUT2D eigenvalue weighted by molar-refractivity contribution is -0.131. The van der Waals surface area contributed by atoms with Crippen LogP contribution in [0.2, 0.25) is 0 Å². The van der Waals surface area contributed by atoms with Crippen molar-refractivity contribution in [1.82, 2.24) is 0 Å². The Morgan fingerprint density at radius 2 is 1.67 bits per heavy atom. The van der Waals surface area contributed by atoms with Gasteiger partial charge < -0.3 is 14.9 Å². The molecule has 0 bridgehead atoms. The number of carboxylic acid groups (broad SMARTS) is 1. The molecule has 7 heteroatoms. The average Bonchev–Trinajstić information content (AvgIpc) is 3.09. The Labute approximate surface area is 193 Å². The van der Waals surface area contributed by atoms with Gasteiger partial charge in [-0.3, -0.25) is 4.79 Å². The Kier molecular flexibility index (Phi) is 5.98. The van der Waals surface area contributed by atoms with Crippen molar-refractivity contribution in [1.29, 1.82) is 0 Å². The number of fused-ring (bicyclic) bond motifs is 1. The van der Waals surface area contributed by atoms with Gasteiger partial charge in [0.15, 0.2) is 5.75 Å². The van der Waals surface area contributed by atoms with Gasteiger partial charge in [-0.15, -0.1) is 11.3 Å². The Balaban J connectivity index is 1.79. The highest BCUT2D eigenvalue weighted by molar-refractivity contribution is 7.21. The third-order valence-electron chi connectivity index (χ3n) is 5.08. The third-order valence-corrected chi connectivity index (χ3v) is 6.21. The summed E-state index contributed by atoms with van der Waals surface area (Å²) in [6.45, 7) is 3.37. The van der Waals surface area contributed by atoms with Gasteiger partial charge >= 0.3 is 5.97 Å². The molecule has 0 spiro atoms. The maximum absolute atomic E-state index is 13.8. The molecular weight excluding hydrogens is 443 g/mol. The van der Waals surface area contributed by atoms with Crippen molar-refractivity contribution < 1.29 is 28.9 Å². The molecule has 0 aliphatic rings. The Bertz CT molecular complexity index is 1390. The first-order valence-corrected chi connectivity index (χ1v) is 10.8. The summed E-state index contributed by atoms with van der Waals surface area (Å²) in [4.78, 5) is 24.6. The summed E-state index contributed by atoms with van der Waals surface area (Å²) in [6, 6.07) is 14.2. The number of thiophene rings is 1. The molecule has 33 heavy (non-hydrogen) atoms. The summed E-state index contributed by atoms with van der Waals surface area (Å²) >= 11 is 1.19. The lowest BCUT2D eigenvalue weighted by atomic mass is 9.97. The van der Waals surface area contributed by atoms with Crippen LogP contribution in [0.4, 0.5) is 4.39 Å². The number of ether oxygens (including phenoxy) is 1. The van der Waals surface area contributed by atoms with Crippen LogP contribution in [0.15, 0.2) is 60.7 Å². The summed E-state index contributed by atoms with van der Waals surface area (Å²) < 4.78 is 20.6. The average molecular weight is 462 g/mol. The van der Waals surface area contributed by atoms with E-state index < -0.39 is 11.8 Å². The number of carbonyl (C=O) groups is 2. The Morgan fingerprint density at radius 3 is 2.30 bits per heavy atom. The van der Waals surface area contributed by atoms with Gasteiger partial charge in [0.25, 0.3) is 0 Å². The minimum absolute atomic E-state index is 0.0676.